The lowest BCUT2D eigenvalue weighted by Crippen LogP contribution is -2.01. The van der Waals surface area contributed by atoms with Crippen molar-refractivity contribution in [3.8, 4) is 21.7 Å². The van der Waals surface area contributed by atoms with Gasteiger partial charge in [0.1, 0.15) is 5.82 Å². The molecule has 0 amide bonds. The van der Waals surface area contributed by atoms with Gasteiger partial charge in [-0.1, -0.05) is 30.3 Å². The predicted molar refractivity (Wildman–Crippen MR) is 99.2 cm³/mol. The quantitative estimate of drug-likeness (QED) is 0.657. The normalized spacial score (nSPS) is 12.3. The summed E-state index contributed by atoms with van der Waals surface area (Å²) in [6.07, 6.45) is 2.11. The molecule has 3 rings (SSSR count). The van der Waals surface area contributed by atoms with Crippen LogP contribution in [0.2, 0.25) is 0 Å². The summed E-state index contributed by atoms with van der Waals surface area (Å²) >= 11 is 0.923. The van der Waals surface area contributed by atoms with Crippen LogP contribution in [0.5, 0.6) is 0 Å². The fourth-order valence-corrected chi connectivity index (χ4v) is 5.24. The van der Waals surface area contributed by atoms with Crippen LogP contribution in [0.4, 0.5) is 4.39 Å². The first-order valence-corrected chi connectivity index (χ1v) is 11.9. The Balaban J connectivity index is 2.35. The van der Waals surface area contributed by atoms with Gasteiger partial charge in [-0.2, -0.15) is 0 Å². The van der Waals surface area contributed by atoms with Crippen LogP contribution in [0.1, 0.15) is 0 Å². The molecular weight excluding hydrogens is 397 g/mol. The summed E-state index contributed by atoms with van der Waals surface area (Å²) in [5.41, 5.74) is 1.10. The lowest BCUT2D eigenvalue weighted by molar-refractivity contribution is 0.600. The van der Waals surface area contributed by atoms with Crippen LogP contribution in [-0.4, -0.2) is 34.3 Å². The molecular formula is C17H14FNO4S3. The molecule has 0 N–H and O–H groups in total. The third kappa shape index (κ3) is 3.69. The number of halogens is 1. The highest BCUT2D eigenvalue weighted by atomic mass is 32.2. The lowest BCUT2D eigenvalue weighted by atomic mass is 10.1. The Bertz CT molecular complexity index is 1180. The number of sulfone groups is 2. The van der Waals surface area contributed by atoms with Crippen LogP contribution in [0, 0.1) is 5.82 Å². The SMILES string of the molecule is CS(=O)(=O)c1nc(-c2ccccc2S(C)(=O)=O)c(-c2ccc(F)cc2)s1. The van der Waals surface area contributed by atoms with Crippen LogP contribution in [-0.2, 0) is 19.7 Å². The van der Waals surface area contributed by atoms with E-state index in [4.69, 9.17) is 0 Å². The summed E-state index contributed by atoms with van der Waals surface area (Å²) in [6.45, 7) is 0. The van der Waals surface area contributed by atoms with Gasteiger partial charge < -0.3 is 0 Å². The van der Waals surface area contributed by atoms with E-state index in [2.05, 4.69) is 4.98 Å². The zero-order chi connectivity index (χ0) is 19.1. The second kappa shape index (κ2) is 6.57. The van der Waals surface area contributed by atoms with Gasteiger partial charge in [0.05, 0.1) is 15.5 Å². The molecule has 0 aliphatic carbocycles. The van der Waals surface area contributed by atoms with Crippen LogP contribution >= 0.6 is 11.3 Å². The first-order valence-electron chi connectivity index (χ1n) is 7.33. The summed E-state index contributed by atoms with van der Waals surface area (Å²) in [5.74, 6) is -0.431. The molecule has 1 heterocycles. The third-order valence-corrected chi connectivity index (χ3v) is 7.51. The fourth-order valence-electron chi connectivity index (χ4n) is 2.42. The second-order valence-corrected chi connectivity index (χ2v) is 10.9. The fraction of sp³-hybridized carbons (Fsp3) is 0.118. The zero-order valence-corrected chi connectivity index (χ0v) is 16.3. The summed E-state index contributed by atoms with van der Waals surface area (Å²) in [7, 11) is -7.15. The molecule has 0 radical (unpaired) electrons. The van der Waals surface area contributed by atoms with E-state index < -0.39 is 25.5 Å². The average molecular weight is 412 g/mol. The number of hydrogen-bond donors (Lipinski definition) is 0. The van der Waals surface area contributed by atoms with Crippen molar-refractivity contribution in [2.24, 2.45) is 0 Å². The topological polar surface area (TPSA) is 81.2 Å². The van der Waals surface area contributed by atoms with Crippen molar-refractivity contribution in [2.75, 3.05) is 12.5 Å². The Morgan fingerprint density at radius 2 is 1.50 bits per heavy atom. The molecule has 9 heteroatoms. The van der Waals surface area contributed by atoms with E-state index in [9.17, 15) is 21.2 Å². The highest BCUT2D eigenvalue weighted by molar-refractivity contribution is 7.92. The summed E-state index contributed by atoms with van der Waals surface area (Å²) in [4.78, 5) is 4.71. The molecule has 0 fully saturated rings. The monoisotopic (exact) mass is 411 g/mol. The maximum absolute atomic E-state index is 13.3. The molecule has 2 aromatic carbocycles. The first kappa shape index (κ1) is 18.7. The van der Waals surface area contributed by atoms with Crippen molar-refractivity contribution in [1.29, 1.82) is 0 Å². The molecule has 0 spiro atoms. The van der Waals surface area contributed by atoms with Crippen LogP contribution in [0.25, 0.3) is 21.7 Å². The van der Waals surface area contributed by atoms with Gasteiger partial charge in [-0.15, -0.1) is 11.3 Å². The minimum Gasteiger partial charge on any atom is -0.224 e. The van der Waals surface area contributed by atoms with Crippen molar-refractivity contribution in [1.82, 2.24) is 4.98 Å². The summed E-state index contributed by atoms with van der Waals surface area (Å²) < 4.78 is 61.3. The predicted octanol–water partition coefficient (Wildman–Crippen LogP) is 3.42. The van der Waals surface area contributed by atoms with E-state index in [1.54, 1.807) is 18.2 Å². The highest BCUT2D eigenvalue weighted by Crippen LogP contribution is 2.40. The van der Waals surface area contributed by atoms with Crippen LogP contribution in [0.15, 0.2) is 57.8 Å². The minimum atomic E-state index is -3.59. The maximum Gasteiger partial charge on any atom is 0.210 e. The molecule has 1 aromatic heterocycles. The van der Waals surface area contributed by atoms with Gasteiger partial charge in [0.25, 0.3) is 0 Å². The van der Waals surface area contributed by atoms with E-state index in [1.165, 1.54) is 30.3 Å². The summed E-state index contributed by atoms with van der Waals surface area (Å²) in [5, 5.41) is 0. The van der Waals surface area contributed by atoms with Crippen LogP contribution in [0.3, 0.4) is 0 Å². The van der Waals surface area contributed by atoms with Gasteiger partial charge in [-0.3, -0.25) is 0 Å². The molecule has 136 valence electrons. The molecule has 0 saturated carbocycles. The van der Waals surface area contributed by atoms with Crippen molar-refractivity contribution >= 4 is 31.0 Å². The Morgan fingerprint density at radius 1 is 0.885 bits per heavy atom. The molecule has 0 aliphatic heterocycles. The summed E-state index contributed by atoms with van der Waals surface area (Å²) in [6, 6.07) is 11.8. The molecule has 0 atom stereocenters. The average Bonchev–Trinajstić information content (AvgIpc) is 3.00. The van der Waals surface area contributed by atoms with Crippen molar-refractivity contribution in [2.45, 2.75) is 9.24 Å². The number of nitrogens with zero attached hydrogens (tertiary/aromatic N) is 1. The Labute approximate surface area is 155 Å². The zero-order valence-electron chi connectivity index (χ0n) is 13.8. The van der Waals surface area contributed by atoms with Gasteiger partial charge in [-0.25, -0.2) is 26.2 Å². The molecule has 5 nitrogen and oxygen atoms in total. The minimum absolute atomic E-state index is 0.0497. The van der Waals surface area contributed by atoms with E-state index >= 15 is 0 Å². The second-order valence-electron chi connectivity index (χ2n) is 5.70. The molecule has 26 heavy (non-hydrogen) atoms. The van der Waals surface area contributed by atoms with E-state index in [1.807, 2.05) is 0 Å². The van der Waals surface area contributed by atoms with Crippen molar-refractivity contribution in [3.05, 3.63) is 54.3 Å². The van der Waals surface area contributed by atoms with Gasteiger partial charge in [0.15, 0.2) is 9.84 Å². The Kier molecular flexibility index (Phi) is 4.72. The third-order valence-electron chi connectivity index (χ3n) is 3.57. The number of aromatic nitrogens is 1. The Morgan fingerprint density at radius 3 is 2.08 bits per heavy atom. The number of rotatable bonds is 4. The van der Waals surface area contributed by atoms with Gasteiger partial charge in [-0.05, 0) is 23.8 Å². The molecule has 0 saturated heterocycles. The molecule has 0 bridgehead atoms. The van der Waals surface area contributed by atoms with Gasteiger partial charge in [0, 0.05) is 18.1 Å². The van der Waals surface area contributed by atoms with Crippen molar-refractivity contribution < 1.29 is 21.2 Å². The largest absolute Gasteiger partial charge is 0.224 e. The van der Waals surface area contributed by atoms with E-state index in [-0.39, 0.29) is 14.9 Å². The highest BCUT2D eigenvalue weighted by Gasteiger charge is 2.24. The van der Waals surface area contributed by atoms with Crippen LogP contribution < -0.4 is 0 Å². The first-order chi connectivity index (χ1) is 12.1. The van der Waals surface area contributed by atoms with Gasteiger partial charge >= 0.3 is 0 Å². The Hall–Kier alpha value is -2.10. The smallest absolute Gasteiger partial charge is 0.210 e. The van der Waals surface area contributed by atoms with Gasteiger partial charge in [0.2, 0.25) is 14.2 Å². The molecule has 3 aromatic rings. The van der Waals surface area contributed by atoms with Crippen molar-refractivity contribution in [3.63, 3.8) is 0 Å². The number of hydrogen-bond acceptors (Lipinski definition) is 6. The van der Waals surface area contributed by atoms with E-state index in [0.29, 0.717) is 16.0 Å². The number of benzene rings is 2. The maximum atomic E-state index is 13.3. The molecule has 0 unspecified atom stereocenters. The molecule has 0 aliphatic rings. The lowest BCUT2D eigenvalue weighted by Gasteiger charge is -2.08. The number of thiazole rings is 1. The van der Waals surface area contributed by atoms with E-state index in [0.717, 1.165) is 23.8 Å². The standard InChI is InChI=1S/C17H14FNO4S3/c1-25(20,21)14-6-4-3-5-13(14)15-16(11-7-9-12(18)10-8-11)24-17(19-15)26(2,22)23/h3-10H,1-2H3.